The second kappa shape index (κ2) is 6.71. The van der Waals surface area contributed by atoms with Crippen LogP contribution in [0.2, 0.25) is 0 Å². The lowest BCUT2D eigenvalue weighted by Gasteiger charge is -2.11. The van der Waals surface area contributed by atoms with Crippen molar-refractivity contribution in [2.24, 2.45) is 0 Å². The minimum Gasteiger partial charge on any atom is -0.489 e. The summed E-state index contributed by atoms with van der Waals surface area (Å²) in [7, 11) is 0. The first kappa shape index (κ1) is 13.3. The van der Waals surface area contributed by atoms with Gasteiger partial charge in [-0.05, 0) is 36.7 Å². The molecular weight excluding hydrogens is 266 g/mol. The van der Waals surface area contributed by atoms with Gasteiger partial charge >= 0.3 is 0 Å². The van der Waals surface area contributed by atoms with Gasteiger partial charge < -0.3 is 10.1 Å². The molecule has 0 spiro atoms. The van der Waals surface area contributed by atoms with Gasteiger partial charge in [0.25, 0.3) is 0 Å². The summed E-state index contributed by atoms with van der Waals surface area (Å²) in [6.45, 7) is 10.4. The SMILES string of the molecule is C=C(CNCC)COc1cc(Br)ccc1C. The minimum atomic E-state index is 0.560. The van der Waals surface area contributed by atoms with Crippen molar-refractivity contribution in [3.8, 4) is 5.75 Å². The number of benzene rings is 1. The van der Waals surface area contributed by atoms with Crippen LogP contribution < -0.4 is 10.1 Å². The maximum Gasteiger partial charge on any atom is 0.123 e. The Balaban J connectivity index is 2.47. The van der Waals surface area contributed by atoms with Crippen molar-refractivity contribution in [1.82, 2.24) is 5.32 Å². The zero-order chi connectivity index (χ0) is 12.0. The van der Waals surface area contributed by atoms with Gasteiger partial charge in [-0.2, -0.15) is 0 Å². The Bertz CT molecular complexity index is 363. The zero-order valence-corrected chi connectivity index (χ0v) is 11.4. The molecule has 1 N–H and O–H groups in total. The van der Waals surface area contributed by atoms with Gasteiger partial charge in [-0.25, -0.2) is 0 Å². The van der Waals surface area contributed by atoms with E-state index in [9.17, 15) is 0 Å². The van der Waals surface area contributed by atoms with E-state index in [1.807, 2.05) is 25.1 Å². The van der Waals surface area contributed by atoms with Crippen LogP contribution in [-0.4, -0.2) is 19.7 Å². The van der Waals surface area contributed by atoms with Crippen LogP contribution in [0.4, 0.5) is 0 Å². The van der Waals surface area contributed by atoms with Crippen molar-refractivity contribution in [1.29, 1.82) is 0 Å². The molecule has 0 atom stereocenters. The normalized spacial score (nSPS) is 10.2. The fourth-order valence-electron chi connectivity index (χ4n) is 1.26. The molecule has 1 aromatic rings. The number of halogens is 1. The van der Waals surface area contributed by atoms with Gasteiger partial charge in [0, 0.05) is 11.0 Å². The highest BCUT2D eigenvalue weighted by Gasteiger charge is 2.01. The van der Waals surface area contributed by atoms with Gasteiger partial charge in [0.1, 0.15) is 12.4 Å². The molecule has 0 aromatic heterocycles. The first-order valence-corrected chi connectivity index (χ1v) is 6.19. The van der Waals surface area contributed by atoms with E-state index in [2.05, 4.69) is 34.7 Å². The van der Waals surface area contributed by atoms with E-state index in [0.29, 0.717) is 6.61 Å². The summed E-state index contributed by atoms with van der Waals surface area (Å²) in [4.78, 5) is 0. The van der Waals surface area contributed by atoms with Crippen molar-refractivity contribution in [3.63, 3.8) is 0 Å². The topological polar surface area (TPSA) is 21.3 Å². The highest BCUT2D eigenvalue weighted by Crippen LogP contribution is 2.23. The van der Waals surface area contributed by atoms with Crippen LogP contribution in [0.15, 0.2) is 34.8 Å². The third kappa shape index (κ3) is 4.37. The molecule has 0 unspecified atom stereocenters. The summed E-state index contributed by atoms with van der Waals surface area (Å²) in [5, 5.41) is 3.22. The second-order valence-corrected chi connectivity index (χ2v) is 4.64. The third-order valence-electron chi connectivity index (χ3n) is 2.21. The van der Waals surface area contributed by atoms with Crippen LogP contribution in [-0.2, 0) is 0 Å². The predicted octanol–water partition coefficient (Wildman–Crippen LogP) is 3.30. The summed E-state index contributed by atoms with van der Waals surface area (Å²) < 4.78 is 6.74. The average molecular weight is 284 g/mol. The average Bonchev–Trinajstić information content (AvgIpc) is 2.27. The molecule has 0 bridgehead atoms. The second-order valence-electron chi connectivity index (χ2n) is 3.73. The summed E-state index contributed by atoms with van der Waals surface area (Å²) in [5.74, 6) is 0.909. The zero-order valence-electron chi connectivity index (χ0n) is 9.85. The summed E-state index contributed by atoms with van der Waals surface area (Å²) >= 11 is 3.43. The fraction of sp³-hybridized carbons (Fsp3) is 0.385. The molecule has 0 amide bonds. The number of aryl methyl sites for hydroxylation is 1. The molecule has 88 valence electrons. The molecule has 0 fully saturated rings. The van der Waals surface area contributed by atoms with Gasteiger partial charge in [-0.1, -0.05) is 35.5 Å². The number of nitrogens with one attached hydrogen (secondary N) is 1. The van der Waals surface area contributed by atoms with Crippen LogP contribution in [0.1, 0.15) is 12.5 Å². The van der Waals surface area contributed by atoms with Crippen LogP contribution >= 0.6 is 15.9 Å². The Kier molecular flexibility index (Phi) is 5.56. The Morgan fingerprint density at radius 1 is 1.50 bits per heavy atom. The van der Waals surface area contributed by atoms with E-state index in [-0.39, 0.29) is 0 Å². The minimum absolute atomic E-state index is 0.560. The van der Waals surface area contributed by atoms with E-state index in [1.165, 1.54) is 0 Å². The number of likely N-dealkylation sites (N-methyl/N-ethyl adjacent to an activating group) is 1. The number of hydrogen-bond donors (Lipinski definition) is 1. The van der Waals surface area contributed by atoms with Crippen LogP contribution in [0.5, 0.6) is 5.75 Å². The van der Waals surface area contributed by atoms with Crippen LogP contribution in [0.3, 0.4) is 0 Å². The van der Waals surface area contributed by atoms with E-state index in [0.717, 1.165) is 34.4 Å². The molecule has 0 heterocycles. The van der Waals surface area contributed by atoms with E-state index < -0.39 is 0 Å². The molecule has 0 saturated carbocycles. The van der Waals surface area contributed by atoms with Crippen molar-refractivity contribution in [2.75, 3.05) is 19.7 Å². The van der Waals surface area contributed by atoms with Crippen molar-refractivity contribution in [2.45, 2.75) is 13.8 Å². The Morgan fingerprint density at radius 3 is 2.94 bits per heavy atom. The monoisotopic (exact) mass is 283 g/mol. The van der Waals surface area contributed by atoms with Crippen molar-refractivity contribution < 1.29 is 4.74 Å². The third-order valence-corrected chi connectivity index (χ3v) is 2.70. The molecular formula is C13H18BrNO. The number of hydrogen-bond acceptors (Lipinski definition) is 2. The van der Waals surface area contributed by atoms with Crippen LogP contribution in [0.25, 0.3) is 0 Å². The molecule has 2 nitrogen and oxygen atoms in total. The molecule has 0 aliphatic carbocycles. The van der Waals surface area contributed by atoms with E-state index in [1.54, 1.807) is 0 Å². The maximum atomic E-state index is 5.71. The van der Waals surface area contributed by atoms with Crippen molar-refractivity contribution >= 4 is 15.9 Å². The molecule has 1 rings (SSSR count). The highest BCUT2D eigenvalue weighted by atomic mass is 79.9. The summed E-state index contributed by atoms with van der Waals surface area (Å²) in [6, 6.07) is 6.03. The first-order chi connectivity index (χ1) is 7.63. The lowest BCUT2D eigenvalue weighted by Crippen LogP contribution is -2.18. The van der Waals surface area contributed by atoms with E-state index >= 15 is 0 Å². The molecule has 3 heteroatoms. The highest BCUT2D eigenvalue weighted by molar-refractivity contribution is 9.10. The van der Waals surface area contributed by atoms with Gasteiger partial charge in [0.15, 0.2) is 0 Å². The lowest BCUT2D eigenvalue weighted by molar-refractivity contribution is 0.346. The molecule has 1 aromatic carbocycles. The largest absolute Gasteiger partial charge is 0.489 e. The Hall–Kier alpha value is -0.800. The predicted molar refractivity (Wildman–Crippen MR) is 72.1 cm³/mol. The van der Waals surface area contributed by atoms with Crippen LogP contribution in [0, 0.1) is 6.92 Å². The fourth-order valence-corrected chi connectivity index (χ4v) is 1.60. The molecule has 0 aliphatic heterocycles. The molecule has 0 aliphatic rings. The van der Waals surface area contributed by atoms with Gasteiger partial charge in [0.05, 0.1) is 0 Å². The summed E-state index contributed by atoms with van der Waals surface area (Å²) in [6.07, 6.45) is 0. The smallest absolute Gasteiger partial charge is 0.123 e. The van der Waals surface area contributed by atoms with Crippen molar-refractivity contribution in [3.05, 3.63) is 40.4 Å². The molecule has 0 saturated heterocycles. The summed E-state index contributed by atoms with van der Waals surface area (Å²) in [5.41, 5.74) is 2.20. The Morgan fingerprint density at radius 2 is 2.25 bits per heavy atom. The van der Waals surface area contributed by atoms with E-state index in [4.69, 9.17) is 4.74 Å². The first-order valence-electron chi connectivity index (χ1n) is 5.39. The number of rotatable bonds is 6. The van der Waals surface area contributed by atoms with Gasteiger partial charge in [-0.15, -0.1) is 0 Å². The molecule has 16 heavy (non-hydrogen) atoms. The quantitative estimate of drug-likeness (QED) is 0.809. The maximum absolute atomic E-state index is 5.71. The molecule has 0 radical (unpaired) electrons. The van der Waals surface area contributed by atoms with Gasteiger partial charge in [0.2, 0.25) is 0 Å². The number of ether oxygens (including phenoxy) is 1. The standard InChI is InChI=1S/C13H18BrNO/c1-4-15-8-10(2)9-16-13-7-12(14)6-5-11(13)3/h5-7,15H,2,4,8-9H2,1,3H3. The van der Waals surface area contributed by atoms with Gasteiger partial charge in [-0.3, -0.25) is 0 Å². The Labute approximate surface area is 106 Å². The lowest BCUT2D eigenvalue weighted by atomic mass is 10.2.